The van der Waals surface area contributed by atoms with E-state index in [1.54, 1.807) is 4.57 Å². The van der Waals surface area contributed by atoms with Crippen LogP contribution in [0.3, 0.4) is 0 Å². The number of nitrogens with one attached hydrogen (secondary N) is 1. The molecule has 0 unspecified atom stereocenters. The number of amides is 1. The number of imidazole rings is 1. The molecule has 1 atom stereocenters. The average Bonchev–Trinajstić information content (AvgIpc) is 2.91. The van der Waals surface area contributed by atoms with Crippen LogP contribution >= 0.6 is 0 Å². The third kappa shape index (κ3) is 3.03. The van der Waals surface area contributed by atoms with Crippen molar-refractivity contribution in [3.8, 4) is 5.69 Å². The summed E-state index contributed by atoms with van der Waals surface area (Å²) in [7, 11) is -3.48. The van der Waals surface area contributed by atoms with Gasteiger partial charge in [0.1, 0.15) is 5.25 Å². The monoisotopic (exact) mass is 343 g/mol. The van der Waals surface area contributed by atoms with Crippen molar-refractivity contribution in [2.45, 2.75) is 12.2 Å². The molecule has 3 aromatic rings. The number of para-hydroxylation sites is 3. The molecule has 0 bridgehead atoms. The summed E-state index contributed by atoms with van der Waals surface area (Å²) in [5.41, 5.74) is 2.36. The molecule has 1 aromatic heterocycles. The fourth-order valence-electron chi connectivity index (χ4n) is 2.35. The van der Waals surface area contributed by atoms with Crippen molar-refractivity contribution in [3.05, 3.63) is 54.6 Å². The van der Waals surface area contributed by atoms with Crippen molar-refractivity contribution in [1.82, 2.24) is 9.55 Å². The van der Waals surface area contributed by atoms with Gasteiger partial charge in [-0.15, -0.1) is 0 Å². The molecule has 2 aromatic carbocycles. The fraction of sp³-hybridized carbons (Fsp3) is 0.176. The standard InChI is InChI=1S/C17H17N3O3S/c1-12(24(2,22)23)16(21)19-17-18-14-10-6-7-11-15(14)20(17)13-8-4-3-5-9-13/h3-12H,1-2H3,(H,18,19,21)/t12-/m1/s1. The van der Waals surface area contributed by atoms with Gasteiger partial charge in [-0.2, -0.15) is 0 Å². The van der Waals surface area contributed by atoms with E-state index >= 15 is 0 Å². The van der Waals surface area contributed by atoms with Crippen LogP contribution in [0.1, 0.15) is 6.92 Å². The first kappa shape index (κ1) is 16.2. The van der Waals surface area contributed by atoms with Gasteiger partial charge < -0.3 is 0 Å². The molecule has 0 aliphatic carbocycles. The van der Waals surface area contributed by atoms with Gasteiger partial charge in [-0.05, 0) is 31.2 Å². The van der Waals surface area contributed by atoms with E-state index in [0.717, 1.165) is 17.5 Å². The summed E-state index contributed by atoms with van der Waals surface area (Å²) in [6.45, 7) is 1.36. The minimum atomic E-state index is -3.48. The second-order valence-electron chi connectivity index (χ2n) is 5.56. The van der Waals surface area contributed by atoms with Gasteiger partial charge in [-0.25, -0.2) is 13.4 Å². The van der Waals surface area contributed by atoms with Gasteiger partial charge in [0.05, 0.1) is 11.0 Å². The molecule has 3 rings (SSSR count). The van der Waals surface area contributed by atoms with E-state index in [9.17, 15) is 13.2 Å². The molecule has 7 heteroatoms. The molecule has 0 aliphatic rings. The molecule has 1 amide bonds. The zero-order chi connectivity index (χ0) is 17.3. The summed E-state index contributed by atoms with van der Waals surface area (Å²) >= 11 is 0. The zero-order valence-electron chi connectivity index (χ0n) is 13.3. The molecule has 6 nitrogen and oxygen atoms in total. The van der Waals surface area contributed by atoms with E-state index in [1.807, 2.05) is 54.6 Å². The molecule has 0 radical (unpaired) electrons. The highest BCUT2D eigenvalue weighted by Crippen LogP contribution is 2.24. The van der Waals surface area contributed by atoms with E-state index in [0.29, 0.717) is 11.5 Å². The average molecular weight is 343 g/mol. The number of sulfone groups is 1. The van der Waals surface area contributed by atoms with E-state index in [2.05, 4.69) is 10.3 Å². The first-order valence-corrected chi connectivity index (χ1v) is 9.36. The van der Waals surface area contributed by atoms with Gasteiger partial charge in [0.25, 0.3) is 0 Å². The van der Waals surface area contributed by atoms with Gasteiger partial charge in [-0.3, -0.25) is 14.7 Å². The number of carbonyl (C=O) groups excluding carboxylic acids is 1. The third-order valence-electron chi connectivity index (χ3n) is 3.82. The first-order chi connectivity index (χ1) is 11.4. The van der Waals surface area contributed by atoms with E-state index in [1.165, 1.54) is 6.92 Å². The second-order valence-corrected chi connectivity index (χ2v) is 7.92. The Morgan fingerprint density at radius 1 is 1.08 bits per heavy atom. The summed E-state index contributed by atoms with van der Waals surface area (Å²) in [6.07, 6.45) is 1.04. The zero-order valence-corrected chi connectivity index (χ0v) is 14.1. The molecule has 0 spiro atoms. The Balaban J connectivity index is 2.10. The number of nitrogens with zero attached hydrogens (tertiary/aromatic N) is 2. The largest absolute Gasteiger partial charge is 0.295 e. The summed E-state index contributed by atoms with van der Waals surface area (Å²) in [5.74, 6) is -0.312. The number of hydrogen-bond acceptors (Lipinski definition) is 4. The normalized spacial score (nSPS) is 12.9. The summed E-state index contributed by atoms with van der Waals surface area (Å²) in [5, 5.41) is 1.49. The summed E-state index contributed by atoms with van der Waals surface area (Å²) in [4.78, 5) is 16.7. The van der Waals surface area contributed by atoms with Crippen LogP contribution in [0.25, 0.3) is 16.7 Å². The van der Waals surface area contributed by atoms with Crippen LogP contribution in [-0.4, -0.2) is 35.4 Å². The van der Waals surface area contributed by atoms with Gasteiger partial charge in [0.2, 0.25) is 11.9 Å². The topological polar surface area (TPSA) is 81.1 Å². The predicted octanol–water partition coefficient (Wildman–Crippen LogP) is 2.40. The molecule has 1 heterocycles. The van der Waals surface area contributed by atoms with Gasteiger partial charge in [0, 0.05) is 11.9 Å². The molecule has 1 N–H and O–H groups in total. The summed E-state index contributed by atoms with van der Waals surface area (Å²) < 4.78 is 25.0. The third-order valence-corrected chi connectivity index (χ3v) is 5.32. The molecule has 0 saturated heterocycles. The van der Waals surface area contributed by atoms with Gasteiger partial charge in [-0.1, -0.05) is 30.3 Å². The van der Waals surface area contributed by atoms with Crippen molar-refractivity contribution < 1.29 is 13.2 Å². The Morgan fingerprint density at radius 3 is 2.38 bits per heavy atom. The number of hydrogen-bond donors (Lipinski definition) is 1. The number of fused-ring (bicyclic) bond motifs is 1. The highest BCUT2D eigenvalue weighted by molar-refractivity contribution is 7.92. The molecule has 0 aliphatic heterocycles. The molecule has 24 heavy (non-hydrogen) atoms. The van der Waals surface area contributed by atoms with Crippen LogP contribution in [-0.2, 0) is 14.6 Å². The lowest BCUT2D eigenvalue weighted by molar-refractivity contribution is -0.115. The van der Waals surface area contributed by atoms with Crippen LogP contribution in [0.15, 0.2) is 54.6 Å². The molecular weight excluding hydrogens is 326 g/mol. The predicted molar refractivity (Wildman–Crippen MR) is 94.0 cm³/mol. The Hall–Kier alpha value is -2.67. The van der Waals surface area contributed by atoms with Crippen molar-refractivity contribution in [3.63, 3.8) is 0 Å². The van der Waals surface area contributed by atoms with Crippen molar-refractivity contribution in [2.24, 2.45) is 0 Å². The first-order valence-electron chi connectivity index (χ1n) is 7.40. The maximum Gasteiger partial charge on any atom is 0.244 e. The van der Waals surface area contributed by atoms with Crippen molar-refractivity contribution in [2.75, 3.05) is 11.6 Å². The Morgan fingerprint density at radius 2 is 1.71 bits per heavy atom. The Bertz CT molecular complexity index is 994. The fourth-order valence-corrected chi connectivity index (χ4v) is 2.80. The van der Waals surface area contributed by atoms with Gasteiger partial charge >= 0.3 is 0 Å². The van der Waals surface area contributed by atoms with E-state index in [-0.39, 0.29) is 0 Å². The smallest absolute Gasteiger partial charge is 0.244 e. The van der Waals surface area contributed by atoms with E-state index < -0.39 is 21.0 Å². The Labute approximate surface area is 140 Å². The lowest BCUT2D eigenvalue weighted by Crippen LogP contribution is -2.32. The Kier molecular flexibility index (Phi) is 4.11. The highest BCUT2D eigenvalue weighted by Gasteiger charge is 2.25. The SMILES string of the molecule is C[C@H](C(=O)Nc1nc2ccccc2n1-c1ccccc1)S(C)(=O)=O. The minimum absolute atomic E-state index is 0.294. The molecular formula is C17H17N3O3S. The number of benzene rings is 2. The molecule has 124 valence electrons. The maximum absolute atomic E-state index is 12.3. The van der Waals surface area contributed by atoms with Crippen molar-refractivity contribution in [1.29, 1.82) is 0 Å². The lowest BCUT2D eigenvalue weighted by atomic mass is 10.3. The second kappa shape index (κ2) is 6.09. The number of rotatable bonds is 4. The molecule has 0 saturated carbocycles. The lowest BCUT2D eigenvalue weighted by Gasteiger charge is -2.12. The number of anilines is 1. The van der Waals surface area contributed by atoms with E-state index in [4.69, 9.17) is 0 Å². The molecule has 0 fully saturated rings. The summed E-state index contributed by atoms with van der Waals surface area (Å²) in [6, 6.07) is 16.9. The quantitative estimate of drug-likeness (QED) is 0.789. The van der Waals surface area contributed by atoms with Crippen LogP contribution in [0.2, 0.25) is 0 Å². The number of carbonyl (C=O) groups is 1. The van der Waals surface area contributed by atoms with Crippen LogP contribution < -0.4 is 5.32 Å². The van der Waals surface area contributed by atoms with Crippen LogP contribution in [0.5, 0.6) is 0 Å². The maximum atomic E-state index is 12.3. The number of aromatic nitrogens is 2. The van der Waals surface area contributed by atoms with Crippen LogP contribution in [0, 0.1) is 0 Å². The van der Waals surface area contributed by atoms with Crippen LogP contribution in [0.4, 0.5) is 5.95 Å². The minimum Gasteiger partial charge on any atom is -0.295 e. The van der Waals surface area contributed by atoms with Gasteiger partial charge in [0.15, 0.2) is 9.84 Å². The van der Waals surface area contributed by atoms with Crippen molar-refractivity contribution >= 4 is 32.7 Å². The highest BCUT2D eigenvalue weighted by atomic mass is 32.2.